The molecule has 6 nitrogen and oxygen atoms in total. The van der Waals surface area contributed by atoms with Crippen LogP contribution in [0.1, 0.15) is 32.4 Å². The average molecular weight is 369 g/mol. The zero-order valence-corrected chi connectivity index (χ0v) is 17.2. The van der Waals surface area contributed by atoms with Crippen LogP contribution in [-0.2, 0) is 9.16 Å². The summed E-state index contributed by atoms with van der Waals surface area (Å²) in [7, 11) is -0.358. The van der Waals surface area contributed by atoms with Crippen LogP contribution in [0.3, 0.4) is 0 Å². The third-order valence-electron chi connectivity index (χ3n) is 4.84. The molecule has 3 N–H and O–H groups in total. The highest BCUT2D eigenvalue weighted by Crippen LogP contribution is 2.36. The first-order valence-electron chi connectivity index (χ1n) is 8.47. The van der Waals surface area contributed by atoms with E-state index in [1.807, 2.05) is 12.1 Å². The van der Waals surface area contributed by atoms with Crippen LogP contribution < -0.4 is 5.73 Å². The molecule has 0 heterocycles. The molecular formula is C18H32N2O4Si. The van der Waals surface area contributed by atoms with Gasteiger partial charge in [0.1, 0.15) is 0 Å². The molecule has 142 valence electrons. The van der Waals surface area contributed by atoms with Gasteiger partial charge in [0.2, 0.25) is 0 Å². The number of carboxylic acid groups (broad SMARTS) is 1. The van der Waals surface area contributed by atoms with Crippen LogP contribution in [0.15, 0.2) is 24.3 Å². The summed E-state index contributed by atoms with van der Waals surface area (Å²) in [5.74, 6) is 0. The monoisotopic (exact) mass is 368 g/mol. The highest BCUT2D eigenvalue weighted by atomic mass is 28.4. The van der Waals surface area contributed by atoms with Crippen LogP contribution in [0, 0.1) is 0 Å². The highest BCUT2D eigenvalue weighted by Gasteiger charge is 2.37. The Hall–Kier alpha value is -1.57. The van der Waals surface area contributed by atoms with Crippen molar-refractivity contribution in [2.45, 2.75) is 44.9 Å². The van der Waals surface area contributed by atoms with E-state index in [-0.39, 0.29) is 18.2 Å². The predicted molar refractivity (Wildman–Crippen MR) is 103 cm³/mol. The van der Waals surface area contributed by atoms with Crippen LogP contribution in [0.2, 0.25) is 18.1 Å². The molecule has 0 radical (unpaired) electrons. The maximum absolute atomic E-state index is 11.8. The van der Waals surface area contributed by atoms with Crippen LogP contribution in [0.25, 0.3) is 0 Å². The van der Waals surface area contributed by atoms with Crippen molar-refractivity contribution in [3.8, 4) is 0 Å². The van der Waals surface area contributed by atoms with Crippen molar-refractivity contribution in [2.24, 2.45) is 0 Å². The number of methoxy groups -OCH3 is 1. The molecule has 0 aliphatic heterocycles. The highest BCUT2D eigenvalue weighted by molar-refractivity contribution is 6.74. The van der Waals surface area contributed by atoms with Gasteiger partial charge in [0.05, 0.1) is 19.3 Å². The van der Waals surface area contributed by atoms with Gasteiger partial charge in [-0.25, -0.2) is 4.79 Å². The van der Waals surface area contributed by atoms with E-state index >= 15 is 0 Å². The number of hydrogen-bond acceptors (Lipinski definition) is 4. The quantitative estimate of drug-likeness (QED) is 0.536. The van der Waals surface area contributed by atoms with Gasteiger partial charge in [-0.2, -0.15) is 0 Å². The largest absolute Gasteiger partial charge is 0.465 e. The van der Waals surface area contributed by atoms with Gasteiger partial charge in [-0.15, -0.1) is 0 Å². The molecule has 1 aromatic rings. The fraction of sp³-hybridized carbons (Fsp3) is 0.611. The predicted octanol–water partition coefficient (Wildman–Crippen LogP) is 3.96. The second-order valence-corrected chi connectivity index (χ2v) is 12.5. The van der Waals surface area contributed by atoms with Crippen LogP contribution in [-0.4, -0.2) is 51.3 Å². The molecule has 1 unspecified atom stereocenters. The smallest absolute Gasteiger partial charge is 0.407 e. The van der Waals surface area contributed by atoms with E-state index in [2.05, 4.69) is 33.9 Å². The summed E-state index contributed by atoms with van der Waals surface area (Å²) >= 11 is 0. The summed E-state index contributed by atoms with van der Waals surface area (Å²) in [5.41, 5.74) is 7.26. The lowest BCUT2D eigenvalue weighted by atomic mass is 10.1. The van der Waals surface area contributed by atoms with E-state index in [1.54, 1.807) is 19.2 Å². The number of ether oxygens (including phenoxy) is 1. The Balaban J connectivity index is 2.90. The summed E-state index contributed by atoms with van der Waals surface area (Å²) in [4.78, 5) is 13.2. The number of nitrogens with two attached hydrogens (primary N) is 1. The number of nitrogen functional groups attached to an aromatic ring is 1. The summed E-state index contributed by atoms with van der Waals surface area (Å²) in [6.07, 6.45) is -0.997. The molecule has 25 heavy (non-hydrogen) atoms. The minimum atomic E-state index is -1.92. The maximum Gasteiger partial charge on any atom is 0.407 e. The summed E-state index contributed by atoms with van der Waals surface area (Å²) in [5, 5.41) is 9.77. The minimum Gasteiger partial charge on any atom is -0.465 e. The van der Waals surface area contributed by atoms with E-state index in [0.717, 1.165) is 5.56 Å². The van der Waals surface area contributed by atoms with Gasteiger partial charge in [0.25, 0.3) is 0 Å². The number of amides is 1. The van der Waals surface area contributed by atoms with E-state index in [1.165, 1.54) is 4.90 Å². The van der Waals surface area contributed by atoms with Gasteiger partial charge in [0.15, 0.2) is 8.32 Å². The lowest BCUT2D eigenvalue weighted by Gasteiger charge is -2.37. The van der Waals surface area contributed by atoms with Gasteiger partial charge in [-0.1, -0.05) is 32.9 Å². The summed E-state index contributed by atoms with van der Waals surface area (Å²) in [6.45, 7) is 11.7. The minimum absolute atomic E-state index is 0.0842. The first kappa shape index (κ1) is 21.5. The zero-order valence-electron chi connectivity index (χ0n) is 16.2. The zero-order chi connectivity index (χ0) is 19.3. The lowest BCUT2D eigenvalue weighted by molar-refractivity contribution is 0.0703. The van der Waals surface area contributed by atoms with E-state index in [4.69, 9.17) is 14.9 Å². The van der Waals surface area contributed by atoms with Crippen molar-refractivity contribution >= 4 is 20.1 Å². The van der Waals surface area contributed by atoms with E-state index in [9.17, 15) is 9.90 Å². The number of carbonyl (C=O) groups is 1. The number of hydrogen-bond donors (Lipinski definition) is 2. The number of anilines is 1. The molecular weight excluding hydrogens is 336 g/mol. The molecule has 0 aliphatic carbocycles. The van der Waals surface area contributed by atoms with Crippen molar-refractivity contribution < 1.29 is 19.1 Å². The second kappa shape index (κ2) is 8.69. The van der Waals surface area contributed by atoms with Crippen molar-refractivity contribution in [3.63, 3.8) is 0 Å². The number of benzene rings is 1. The standard InChI is InChI=1S/C18H32N2O4Si/c1-18(2,3)25(5,6)24-11-10-20(17(21)22)16(13-23-4)14-8-7-9-15(19)12-14/h7-9,12,16H,10-11,13,19H2,1-6H3,(H,21,22). The average Bonchev–Trinajstić information content (AvgIpc) is 2.48. The Morgan fingerprint density at radius 1 is 1.36 bits per heavy atom. The van der Waals surface area contributed by atoms with Crippen LogP contribution in [0.4, 0.5) is 10.5 Å². The van der Waals surface area contributed by atoms with Gasteiger partial charge in [-0.05, 0) is 35.8 Å². The molecule has 7 heteroatoms. The molecule has 1 atom stereocenters. The molecule has 1 rings (SSSR count). The normalized spacial score (nSPS) is 13.5. The molecule has 0 aromatic heterocycles. The Morgan fingerprint density at radius 3 is 2.48 bits per heavy atom. The fourth-order valence-corrected chi connectivity index (χ4v) is 3.33. The molecule has 0 fully saturated rings. The van der Waals surface area contributed by atoms with E-state index < -0.39 is 20.5 Å². The van der Waals surface area contributed by atoms with Crippen molar-refractivity contribution in [3.05, 3.63) is 29.8 Å². The molecule has 0 spiro atoms. The van der Waals surface area contributed by atoms with Crippen LogP contribution >= 0.6 is 0 Å². The molecule has 1 amide bonds. The molecule has 1 aromatic carbocycles. The molecule has 0 bridgehead atoms. The van der Waals surface area contributed by atoms with Crippen molar-refractivity contribution in [2.75, 3.05) is 32.6 Å². The van der Waals surface area contributed by atoms with Gasteiger partial charge >= 0.3 is 6.09 Å². The SMILES string of the molecule is COCC(c1cccc(N)c1)N(CCO[Si](C)(C)C(C)(C)C)C(=O)O. The maximum atomic E-state index is 11.8. The first-order chi connectivity index (χ1) is 11.5. The number of rotatable bonds is 8. The Bertz CT molecular complexity index is 572. The summed E-state index contributed by atoms with van der Waals surface area (Å²) < 4.78 is 11.4. The van der Waals surface area contributed by atoms with Gasteiger partial charge in [-0.3, -0.25) is 4.90 Å². The second-order valence-electron chi connectivity index (χ2n) is 7.73. The Kier molecular flexibility index (Phi) is 7.46. The third-order valence-corrected chi connectivity index (χ3v) is 9.38. The van der Waals surface area contributed by atoms with E-state index in [0.29, 0.717) is 12.3 Å². The molecule has 0 aliphatic rings. The Morgan fingerprint density at radius 2 is 2.00 bits per heavy atom. The van der Waals surface area contributed by atoms with Gasteiger partial charge in [0, 0.05) is 19.3 Å². The van der Waals surface area contributed by atoms with Crippen LogP contribution in [0.5, 0.6) is 0 Å². The van der Waals surface area contributed by atoms with Crippen molar-refractivity contribution in [1.29, 1.82) is 0 Å². The Labute approximate surface area is 152 Å². The molecule has 0 saturated heterocycles. The fourth-order valence-electron chi connectivity index (χ4n) is 2.29. The molecule has 0 saturated carbocycles. The van der Waals surface area contributed by atoms with Crippen molar-refractivity contribution in [1.82, 2.24) is 4.90 Å². The third kappa shape index (κ3) is 6.02. The van der Waals surface area contributed by atoms with Gasteiger partial charge < -0.3 is 20.0 Å². The topological polar surface area (TPSA) is 85.0 Å². The summed E-state index contributed by atoms with van der Waals surface area (Å²) in [6, 6.07) is 6.83. The lowest BCUT2D eigenvalue weighted by Crippen LogP contribution is -2.44. The first-order valence-corrected chi connectivity index (χ1v) is 11.4. The number of nitrogens with zero attached hydrogens (tertiary/aromatic N) is 1.